The van der Waals surface area contributed by atoms with E-state index >= 15 is 0 Å². The largest absolute Gasteiger partial charge is 0.494 e. The number of carbonyl (C=O) groups is 1. The van der Waals surface area contributed by atoms with Crippen LogP contribution in [0.15, 0.2) is 0 Å². The third kappa shape index (κ3) is 2.62. The Hall–Kier alpha value is -0.880. The Morgan fingerprint density at radius 3 is 2.50 bits per heavy atom. The highest BCUT2D eigenvalue weighted by Gasteiger charge is 2.19. The molecule has 0 atom stereocenters. The summed E-state index contributed by atoms with van der Waals surface area (Å²) in [6.45, 7) is 3.80. The normalized spacial score (nSPS) is 10.9. The summed E-state index contributed by atoms with van der Waals surface area (Å²) in [5.41, 5.74) is 0. The van der Waals surface area contributed by atoms with E-state index < -0.39 is 5.97 Å². The molecule has 0 aliphatic carbocycles. The van der Waals surface area contributed by atoms with Gasteiger partial charge in [0.1, 0.15) is 6.54 Å². The number of aromatic nitrogens is 1. The van der Waals surface area contributed by atoms with E-state index in [1.807, 2.05) is 13.8 Å². The van der Waals surface area contributed by atoms with Crippen LogP contribution >= 0.6 is 23.6 Å². The second-order valence-corrected chi connectivity index (χ2v) is 5.22. The second-order valence-electron chi connectivity index (χ2n) is 3.55. The van der Waals surface area contributed by atoms with E-state index in [1.165, 1.54) is 15.9 Å². The SMILES string of the molecule is CCC(CC)c1sc(=S)n(CC(=O)O)c1O. The lowest BCUT2D eigenvalue weighted by Gasteiger charge is -2.10. The predicted octanol–water partition coefficient (Wildman–Crippen LogP) is 2.97. The molecule has 4 nitrogen and oxygen atoms in total. The fourth-order valence-corrected chi connectivity index (χ4v) is 3.19. The first-order valence-electron chi connectivity index (χ1n) is 5.15. The molecule has 16 heavy (non-hydrogen) atoms. The number of carboxylic acids is 1. The molecule has 1 aromatic heterocycles. The van der Waals surface area contributed by atoms with Crippen molar-refractivity contribution in [2.24, 2.45) is 0 Å². The summed E-state index contributed by atoms with van der Waals surface area (Å²) in [5, 5.41) is 18.6. The molecule has 0 amide bonds. The van der Waals surface area contributed by atoms with Crippen molar-refractivity contribution in [3.05, 3.63) is 8.83 Å². The quantitative estimate of drug-likeness (QED) is 0.800. The zero-order valence-electron chi connectivity index (χ0n) is 9.27. The fraction of sp³-hybridized carbons (Fsp3) is 0.600. The van der Waals surface area contributed by atoms with Gasteiger partial charge < -0.3 is 10.2 Å². The molecular weight excluding hydrogens is 246 g/mol. The summed E-state index contributed by atoms with van der Waals surface area (Å²) in [6, 6.07) is 0. The maximum absolute atomic E-state index is 10.6. The molecular formula is C10H15NO3S2. The van der Waals surface area contributed by atoms with E-state index in [2.05, 4.69) is 0 Å². The monoisotopic (exact) mass is 261 g/mol. The summed E-state index contributed by atoms with van der Waals surface area (Å²) >= 11 is 6.36. The van der Waals surface area contributed by atoms with Gasteiger partial charge in [0, 0.05) is 0 Å². The molecule has 0 unspecified atom stereocenters. The summed E-state index contributed by atoms with van der Waals surface area (Å²) in [6.07, 6.45) is 1.82. The van der Waals surface area contributed by atoms with E-state index in [1.54, 1.807) is 0 Å². The number of hydrogen-bond acceptors (Lipinski definition) is 4. The number of aromatic hydroxyl groups is 1. The molecule has 0 saturated heterocycles. The van der Waals surface area contributed by atoms with Gasteiger partial charge in [-0.2, -0.15) is 0 Å². The van der Waals surface area contributed by atoms with Crippen molar-refractivity contribution in [2.45, 2.75) is 39.2 Å². The number of aliphatic carboxylic acids is 1. The minimum atomic E-state index is -1.000. The van der Waals surface area contributed by atoms with Crippen LogP contribution in [0.1, 0.15) is 37.5 Å². The minimum Gasteiger partial charge on any atom is -0.494 e. The van der Waals surface area contributed by atoms with Crippen LogP contribution in [0.5, 0.6) is 5.88 Å². The molecule has 0 radical (unpaired) electrons. The number of nitrogens with zero attached hydrogens (tertiary/aromatic N) is 1. The van der Waals surface area contributed by atoms with Crippen LogP contribution in [-0.2, 0) is 11.3 Å². The van der Waals surface area contributed by atoms with Gasteiger partial charge in [0.05, 0.1) is 4.88 Å². The van der Waals surface area contributed by atoms with Gasteiger partial charge in [-0.05, 0) is 31.0 Å². The Balaban J connectivity index is 3.15. The lowest BCUT2D eigenvalue weighted by molar-refractivity contribution is -0.137. The molecule has 0 spiro atoms. The minimum absolute atomic E-state index is 0.0195. The van der Waals surface area contributed by atoms with Crippen molar-refractivity contribution in [1.82, 2.24) is 4.57 Å². The zero-order chi connectivity index (χ0) is 12.3. The standard InChI is InChI=1S/C10H15NO3S2/c1-3-6(4-2)8-9(14)11(5-7(12)13)10(15)16-8/h6,14H,3-5H2,1-2H3,(H,12,13). The molecule has 90 valence electrons. The molecule has 0 bridgehead atoms. The highest BCUT2D eigenvalue weighted by atomic mass is 32.1. The number of carboxylic acid groups (broad SMARTS) is 1. The third-order valence-corrected chi connectivity index (χ3v) is 4.14. The fourth-order valence-electron chi connectivity index (χ4n) is 1.61. The van der Waals surface area contributed by atoms with Crippen LogP contribution in [0.4, 0.5) is 0 Å². The molecule has 6 heteroatoms. The van der Waals surface area contributed by atoms with Gasteiger partial charge in [-0.15, -0.1) is 11.3 Å². The van der Waals surface area contributed by atoms with Crippen molar-refractivity contribution < 1.29 is 15.0 Å². The van der Waals surface area contributed by atoms with Crippen molar-refractivity contribution in [1.29, 1.82) is 0 Å². The van der Waals surface area contributed by atoms with Crippen molar-refractivity contribution >= 4 is 29.5 Å². The smallest absolute Gasteiger partial charge is 0.323 e. The van der Waals surface area contributed by atoms with Gasteiger partial charge in [0.25, 0.3) is 0 Å². The van der Waals surface area contributed by atoms with Crippen molar-refractivity contribution in [2.75, 3.05) is 0 Å². The van der Waals surface area contributed by atoms with E-state index in [0.29, 0.717) is 3.95 Å². The Morgan fingerprint density at radius 1 is 1.50 bits per heavy atom. The van der Waals surface area contributed by atoms with Gasteiger partial charge in [-0.1, -0.05) is 13.8 Å². The Labute approximate surface area is 103 Å². The van der Waals surface area contributed by atoms with Crippen LogP contribution in [0.2, 0.25) is 0 Å². The number of hydrogen-bond donors (Lipinski definition) is 2. The van der Waals surface area contributed by atoms with Gasteiger partial charge in [0.2, 0.25) is 5.88 Å². The molecule has 1 aromatic rings. The summed E-state index contributed by atoms with van der Waals surface area (Å²) < 4.78 is 1.69. The first-order chi connectivity index (χ1) is 7.51. The van der Waals surface area contributed by atoms with Gasteiger partial charge in [-0.25, -0.2) is 0 Å². The molecule has 2 N–H and O–H groups in total. The highest BCUT2D eigenvalue weighted by Crippen LogP contribution is 2.36. The van der Waals surface area contributed by atoms with Crippen LogP contribution in [0.3, 0.4) is 0 Å². The first kappa shape index (κ1) is 13.2. The Morgan fingerprint density at radius 2 is 2.06 bits per heavy atom. The molecule has 0 aliphatic heterocycles. The van der Waals surface area contributed by atoms with Gasteiger partial charge in [-0.3, -0.25) is 9.36 Å². The topological polar surface area (TPSA) is 62.5 Å². The second kappa shape index (κ2) is 5.45. The highest BCUT2D eigenvalue weighted by molar-refractivity contribution is 7.73. The lowest BCUT2D eigenvalue weighted by atomic mass is 10.0. The zero-order valence-corrected chi connectivity index (χ0v) is 10.9. The van der Waals surface area contributed by atoms with Crippen LogP contribution < -0.4 is 0 Å². The Bertz CT molecular complexity index is 432. The lowest BCUT2D eigenvalue weighted by Crippen LogP contribution is -2.08. The van der Waals surface area contributed by atoms with Crippen LogP contribution in [0.25, 0.3) is 0 Å². The van der Waals surface area contributed by atoms with E-state index in [4.69, 9.17) is 17.3 Å². The molecule has 0 fully saturated rings. The summed E-state index contributed by atoms with van der Waals surface area (Å²) in [7, 11) is 0. The third-order valence-electron chi connectivity index (χ3n) is 2.54. The molecule has 0 aliphatic rings. The summed E-state index contributed by atoms with van der Waals surface area (Å²) in [4.78, 5) is 11.4. The van der Waals surface area contributed by atoms with Crippen molar-refractivity contribution in [3.8, 4) is 5.88 Å². The molecule has 1 heterocycles. The van der Waals surface area contributed by atoms with E-state index in [0.717, 1.165) is 17.7 Å². The molecule has 0 aromatic carbocycles. The molecule has 0 saturated carbocycles. The van der Waals surface area contributed by atoms with E-state index in [9.17, 15) is 9.90 Å². The number of thiazole rings is 1. The maximum Gasteiger partial charge on any atom is 0.323 e. The number of rotatable bonds is 5. The predicted molar refractivity (Wildman–Crippen MR) is 65.8 cm³/mol. The van der Waals surface area contributed by atoms with Crippen LogP contribution in [-0.4, -0.2) is 20.7 Å². The average molecular weight is 261 g/mol. The van der Waals surface area contributed by atoms with Gasteiger partial charge in [0.15, 0.2) is 3.95 Å². The van der Waals surface area contributed by atoms with Gasteiger partial charge >= 0.3 is 5.97 Å². The van der Waals surface area contributed by atoms with Crippen molar-refractivity contribution in [3.63, 3.8) is 0 Å². The van der Waals surface area contributed by atoms with Crippen LogP contribution in [0, 0.1) is 3.95 Å². The summed E-state index contributed by atoms with van der Waals surface area (Å²) in [5.74, 6) is -0.729. The molecule has 1 rings (SSSR count). The average Bonchev–Trinajstić information content (AvgIpc) is 2.48. The van der Waals surface area contributed by atoms with E-state index in [-0.39, 0.29) is 18.3 Å². The maximum atomic E-state index is 10.6. The Kier molecular flexibility index (Phi) is 4.49. The first-order valence-corrected chi connectivity index (χ1v) is 6.37.